The summed E-state index contributed by atoms with van der Waals surface area (Å²) in [5.41, 5.74) is 2.26. The topological polar surface area (TPSA) is 105 Å². The molecule has 1 atom stereocenters. The van der Waals surface area contributed by atoms with Crippen molar-refractivity contribution in [1.82, 2.24) is 20.2 Å². The van der Waals surface area contributed by atoms with Gasteiger partial charge in [0, 0.05) is 18.0 Å². The Balaban J connectivity index is 1.45. The van der Waals surface area contributed by atoms with Gasteiger partial charge in [0.05, 0.1) is 11.6 Å². The van der Waals surface area contributed by atoms with Gasteiger partial charge in [-0.3, -0.25) is 9.89 Å². The summed E-state index contributed by atoms with van der Waals surface area (Å²) in [6.07, 6.45) is 4.52. The number of amides is 1. The molecule has 0 spiro atoms. The van der Waals surface area contributed by atoms with Crippen LogP contribution in [0, 0.1) is 0 Å². The van der Waals surface area contributed by atoms with Gasteiger partial charge in [-0.1, -0.05) is 0 Å². The molecule has 1 fully saturated rings. The number of H-pyrrole nitrogens is 1. The standard InChI is InChI=1S/C16H16N6O2/c23-16(13-2-1-7-24-13)21-11-5-3-10(4-6-11)20-14-12-8-19-22-15(12)18-9-17-14/h3-6,8-9,13H,1-2,7H2,(H,21,23)(H2,17,18,19,20,22). The maximum Gasteiger partial charge on any atom is 0.253 e. The molecule has 1 amide bonds. The fourth-order valence-electron chi connectivity index (χ4n) is 2.65. The van der Waals surface area contributed by atoms with Crippen molar-refractivity contribution in [3.8, 4) is 0 Å². The fourth-order valence-corrected chi connectivity index (χ4v) is 2.65. The minimum atomic E-state index is -0.335. The third-order valence-electron chi connectivity index (χ3n) is 3.89. The first-order valence-corrected chi connectivity index (χ1v) is 7.73. The number of fused-ring (bicyclic) bond motifs is 1. The van der Waals surface area contributed by atoms with Crippen molar-refractivity contribution in [2.24, 2.45) is 0 Å². The summed E-state index contributed by atoms with van der Waals surface area (Å²) < 4.78 is 5.38. The van der Waals surface area contributed by atoms with Crippen LogP contribution in [0.4, 0.5) is 17.2 Å². The predicted octanol–water partition coefficient (Wildman–Crippen LogP) is 2.21. The van der Waals surface area contributed by atoms with Crippen LogP contribution >= 0.6 is 0 Å². The molecule has 4 rings (SSSR count). The molecule has 3 N–H and O–H groups in total. The van der Waals surface area contributed by atoms with Gasteiger partial charge in [-0.05, 0) is 37.1 Å². The second kappa shape index (κ2) is 6.25. The Kier molecular flexibility index (Phi) is 3.80. The SMILES string of the molecule is O=C(Nc1ccc(Nc2ncnc3[nH]ncc23)cc1)C1CCCO1. The molecular weight excluding hydrogens is 308 g/mol. The van der Waals surface area contributed by atoms with Crippen LogP contribution in [0.2, 0.25) is 0 Å². The summed E-state index contributed by atoms with van der Waals surface area (Å²) in [6, 6.07) is 7.42. The number of carbonyl (C=O) groups is 1. The van der Waals surface area contributed by atoms with Crippen molar-refractivity contribution >= 4 is 34.1 Å². The van der Waals surface area contributed by atoms with Crippen LogP contribution in [0.3, 0.4) is 0 Å². The third kappa shape index (κ3) is 2.91. The van der Waals surface area contributed by atoms with Gasteiger partial charge < -0.3 is 15.4 Å². The van der Waals surface area contributed by atoms with Gasteiger partial charge in [0.1, 0.15) is 18.2 Å². The number of nitrogens with one attached hydrogen (secondary N) is 3. The maximum absolute atomic E-state index is 12.0. The number of nitrogens with zero attached hydrogens (tertiary/aromatic N) is 3. The lowest BCUT2D eigenvalue weighted by atomic mass is 10.2. The van der Waals surface area contributed by atoms with Gasteiger partial charge in [0.15, 0.2) is 5.65 Å². The van der Waals surface area contributed by atoms with Gasteiger partial charge in [-0.15, -0.1) is 0 Å². The summed E-state index contributed by atoms with van der Waals surface area (Å²) in [5.74, 6) is 0.578. The van der Waals surface area contributed by atoms with Crippen LogP contribution in [0.25, 0.3) is 11.0 Å². The first-order valence-electron chi connectivity index (χ1n) is 7.73. The molecule has 0 radical (unpaired) electrons. The summed E-state index contributed by atoms with van der Waals surface area (Å²) in [4.78, 5) is 20.4. The minimum Gasteiger partial charge on any atom is -0.368 e. The van der Waals surface area contributed by atoms with E-state index in [1.807, 2.05) is 24.3 Å². The Hall–Kier alpha value is -3.00. The summed E-state index contributed by atoms with van der Waals surface area (Å²) in [6.45, 7) is 0.655. The fraction of sp³-hybridized carbons (Fsp3) is 0.250. The summed E-state index contributed by atoms with van der Waals surface area (Å²) in [7, 11) is 0. The van der Waals surface area contributed by atoms with E-state index >= 15 is 0 Å². The lowest BCUT2D eigenvalue weighted by Gasteiger charge is -2.11. The first-order chi connectivity index (χ1) is 11.8. The van der Waals surface area contributed by atoms with Gasteiger partial charge in [-0.25, -0.2) is 9.97 Å². The van der Waals surface area contributed by atoms with E-state index in [-0.39, 0.29) is 12.0 Å². The molecular formula is C16H16N6O2. The molecule has 0 aliphatic carbocycles. The van der Waals surface area contributed by atoms with Crippen molar-refractivity contribution in [3.63, 3.8) is 0 Å². The van der Waals surface area contributed by atoms with E-state index in [4.69, 9.17) is 4.74 Å². The van der Waals surface area contributed by atoms with E-state index < -0.39 is 0 Å². The zero-order valence-corrected chi connectivity index (χ0v) is 12.8. The molecule has 1 unspecified atom stereocenters. The van der Waals surface area contributed by atoms with Crippen molar-refractivity contribution in [3.05, 3.63) is 36.8 Å². The lowest BCUT2D eigenvalue weighted by molar-refractivity contribution is -0.124. The van der Waals surface area contributed by atoms with Gasteiger partial charge in [0.2, 0.25) is 0 Å². The zero-order chi connectivity index (χ0) is 16.4. The smallest absolute Gasteiger partial charge is 0.253 e. The highest BCUT2D eigenvalue weighted by Crippen LogP contribution is 2.23. The van der Waals surface area contributed by atoms with Crippen molar-refractivity contribution in [2.75, 3.05) is 17.2 Å². The van der Waals surface area contributed by atoms with Crippen LogP contribution in [-0.2, 0) is 9.53 Å². The number of aromatic amines is 1. The number of hydrogen-bond donors (Lipinski definition) is 3. The monoisotopic (exact) mass is 324 g/mol. The minimum absolute atomic E-state index is 0.0934. The van der Waals surface area contributed by atoms with E-state index in [0.717, 1.165) is 29.6 Å². The quantitative estimate of drug-likeness (QED) is 0.679. The first kappa shape index (κ1) is 14.6. The van der Waals surface area contributed by atoms with Gasteiger partial charge in [0.25, 0.3) is 5.91 Å². The number of benzene rings is 1. The Morgan fingerprint density at radius 3 is 2.83 bits per heavy atom. The lowest BCUT2D eigenvalue weighted by Crippen LogP contribution is -2.26. The van der Waals surface area contributed by atoms with E-state index in [2.05, 4.69) is 30.8 Å². The highest BCUT2D eigenvalue weighted by molar-refractivity contribution is 5.94. The van der Waals surface area contributed by atoms with Crippen molar-refractivity contribution in [2.45, 2.75) is 18.9 Å². The number of hydrogen-bond acceptors (Lipinski definition) is 6. The van der Waals surface area contributed by atoms with Crippen LogP contribution in [0.15, 0.2) is 36.8 Å². The van der Waals surface area contributed by atoms with Crippen LogP contribution < -0.4 is 10.6 Å². The summed E-state index contributed by atoms with van der Waals surface area (Å²) >= 11 is 0. The Labute approximate surface area is 137 Å². The Bertz CT molecular complexity index is 854. The number of ether oxygens (including phenoxy) is 1. The van der Waals surface area contributed by atoms with E-state index in [1.54, 1.807) is 6.20 Å². The van der Waals surface area contributed by atoms with Crippen molar-refractivity contribution in [1.29, 1.82) is 0 Å². The average molecular weight is 324 g/mol. The second-order valence-corrected chi connectivity index (χ2v) is 5.55. The average Bonchev–Trinajstić information content (AvgIpc) is 3.28. The van der Waals surface area contributed by atoms with Crippen LogP contribution in [-0.4, -0.2) is 38.8 Å². The zero-order valence-electron chi connectivity index (χ0n) is 12.8. The molecule has 1 aliphatic rings. The molecule has 1 aromatic carbocycles. The highest BCUT2D eigenvalue weighted by Gasteiger charge is 2.23. The van der Waals surface area contributed by atoms with Crippen LogP contribution in [0.1, 0.15) is 12.8 Å². The second-order valence-electron chi connectivity index (χ2n) is 5.55. The molecule has 0 bridgehead atoms. The van der Waals surface area contributed by atoms with Gasteiger partial charge in [-0.2, -0.15) is 5.10 Å². The van der Waals surface area contributed by atoms with Gasteiger partial charge >= 0.3 is 0 Å². The molecule has 0 saturated carbocycles. The number of aromatic nitrogens is 4. The van der Waals surface area contributed by atoms with Crippen LogP contribution in [0.5, 0.6) is 0 Å². The Morgan fingerprint density at radius 2 is 2.04 bits per heavy atom. The normalized spacial score (nSPS) is 17.1. The molecule has 3 heterocycles. The summed E-state index contributed by atoms with van der Waals surface area (Å²) in [5, 5.41) is 13.7. The molecule has 3 aromatic rings. The number of carbonyl (C=O) groups excluding carboxylic acids is 1. The van der Waals surface area contributed by atoms with E-state index in [0.29, 0.717) is 18.1 Å². The Morgan fingerprint density at radius 1 is 1.21 bits per heavy atom. The van der Waals surface area contributed by atoms with E-state index in [9.17, 15) is 4.79 Å². The highest BCUT2D eigenvalue weighted by atomic mass is 16.5. The molecule has 1 aliphatic heterocycles. The predicted molar refractivity (Wildman–Crippen MR) is 89.0 cm³/mol. The van der Waals surface area contributed by atoms with Crippen molar-refractivity contribution < 1.29 is 9.53 Å². The molecule has 8 heteroatoms. The molecule has 8 nitrogen and oxygen atoms in total. The molecule has 2 aromatic heterocycles. The molecule has 24 heavy (non-hydrogen) atoms. The largest absolute Gasteiger partial charge is 0.368 e. The molecule has 1 saturated heterocycles. The number of rotatable bonds is 4. The third-order valence-corrected chi connectivity index (χ3v) is 3.89. The maximum atomic E-state index is 12.0. The number of anilines is 3. The molecule has 122 valence electrons. The van der Waals surface area contributed by atoms with E-state index in [1.165, 1.54) is 6.33 Å².